The van der Waals surface area contributed by atoms with Crippen LogP contribution in [0.4, 0.5) is 0 Å². The maximum atomic E-state index is 11.9. The van der Waals surface area contributed by atoms with E-state index in [1.807, 2.05) is 69.3 Å². The van der Waals surface area contributed by atoms with Gasteiger partial charge in [0, 0.05) is 24.2 Å². The van der Waals surface area contributed by atoms with E-state index in [-0.39, 0.29) is 5.91 Å². The van der Waals surface area contributed by atoms with Gasteiger partial charge in [0.25, 0.3) is 5.91 Å². The van der Waals surface area contributed by atoms with Crippen molar-refractivity contribution in [2.75, 3.05) is 13.1 Å². The zero-order valence-corrected chi connectivity index (χ0v) is 18.2. The molecular formula is C24H29N5O2. The third-order valence-corrected chi connectivity index (χ3v) is 4.60. The number of nitrogens with one attached hydrogen (secondary N) is 3. The topological polar surface area (TPSA) is 91.5 Å². The molecule has 162 valence electrons. The van der Waals surface area contributed by atoms with Crippen molar-refractivity contribution in [3.05, 3.63) is 77.2 Å². The molecule has 0 aliphatic carbocycles. The fourth-order valence-corrected chi connectivity index (χ4v) is 2.93. The lowest BCUT2D eigenvalue weighted by Gasteiger charge is -2.10. The first-order valence-corrected chi connectivity index (χ1v) is 10.5. The van der Waals surface area contributed by atoms with Crippen molar-refractivity contribution in [2.45, 2.75) is 33.9 Å². The zero-order valence-electron chi connectivity index (χ0n) is 18.2. The quantitative estimate of drug-likeness (QED) is 0.383. The van der Waals surface area contributed by atoms with Gasteiger partial charge >= 0.3 is 0 Å². The number of amides is 1. The number of carbonyl (C=O) groups is 1. The monoisotopic (exact) mass is 419 g/mol. The molecule has 3 aromatic rings. The Labute approximate surface area is 183 Å². The van der Waals surface area contributed by atoms with E-state index in [9.17, 15) is 4.79 Å². The number of nitrogens with zero attached hydrogens (tertiary/aromatic N) is 2. The summed E-state index contributed by atoms with van der Waals surface area (Å²) in [6.45, 7) is 8.32. The summed E-state index contributed by atoms with van der Waals surface area (Å²) in [5.41, 5.74) is 4.62. The van der Waals surface area contributed by atoms with Gasteiger partial charge in [0.05, 0.1) is 18.8 Å². The molecule has 0 atom stereocenters. The Morgan fingerprint density at radius 1 is 0.968 bits per heavy atom. The number of aromatic nitrogens is 1. The second kappa shape index (κ2) is 11.0. The summed E-state index contributed by atoms with van der Waals surface area (Å²) >= 11 is 0. The van der Waals surface area contributed by atoms with E-state index in [4.69, 9.17) is 4.42 Å². The highest BCUT2D eigenvalue weighted by molar-refractivity contribution is 5.94. The van der Waals surface area contributed by atoms with Gasteiger partial charge in [-0.2, -0.15) is 0 Å². The van der Waals surface area contributed by atoms with Crippen LogP contribution in [0.3, 0.4) is 0 Å². The van der Waals surface area contributed by atoms with Crippen molar-refractivity contribution >= 4 is 11.9 Å². The molecule has 0 saturated carbocycles. The summed E-state index contributed by atoms with van der Waals surface area (Å²) in [6, 6.07) is 15.6. The number of rotatable bonds is 8. The highest BCUT2D eigenvalue weighted by Crippen LogP contribution is 2.19. The maximum absolute atomic E-state index is 11.9. The van der Waals surface area contributed by atoms with Gasteiger partial charge in [0.2, 0.25) is 5.89 Å². The molecule has 7 nitrogen and oxygen atoms in total. The van der Waals surface area contributed by atoms with Crippen LogP contribution in [0, 0.1) is 6.92 Å². The summed E-state index contributed by atoms with van der Waals surface area (Å²) in [4.78, 5) is 21.0. The third kappa shape index (κ3) is 6.44. The minimum absolute atomic E-state index is 0.0647. The highest BCUT2D eigenvalue weighted by Gasteiger charge is 2.08. The Hall–Kier alpha value is -3.61. The first-order chi connectivity index (χ1) is 15.1. The normalized spacial score (nSPS) is 11.3. The highest BCUT2D eigenvalue weighted by atomic mass is 16.3. The molecule has 31 heavy (non-hydrogen) atoms. The molecule has 2 aromatic carbocycles. The summed E-state index contributed by atoms with van der Waals surface area (Å²) in [6.07, 6.45) is 1.66. The molecular weight excluding hydrogens is 390 g/mol. The van der Waals surface area contributed by atoms with E-state index in [1.165, 1.54) is 5.56 Å². The molecule has 1 aromatic heterocycles. The smallest absolute Gasteiger partial charge is 0.251 e. The predicted molar refractivity (Wildman–Crippen MR) is 123 cm³/mol. The van der Waals surface area contributed by atoms with Gasteiger partial charge in [-0.15, -0.1) is 0 Å². The molecule has 0 fully saturated rings. The van der Waals surface area contributed by atoms with Crippen LogP contribution in [-0.4, -0.2) is 29.9 Å². The number of hydrogen-bond acceptors (Lipinski definition) is 4. The standard InChI is InChI=1S/C24H29N5O2/c1-4-25-22(30)19-12-8-18(9-13-19)14-27-24(26-5-2)28-15-21-16-31-23(29-21)20-10-6-17(3)7-11-20/h6-13,16H,4-5,14-15H2,1-3H3,(H,25,30)(H2,26,27,28). The molecule has 1 heterocycles. The fourth-order valence-electron chi connectivity index (χ4n) is 2.93. The number of benzene rings is 2. The molecule has 0 aliphatic rings. The van der Waals surface area contributed by atoms with E-state index in [0.29, 0.717) is 37.0 Å². The van der Waals surface area contributed by atoms with Crippen molar-refractivity contribution < 1.29 is 9.21 Å². The molecule has 0 bridgehead atoms. The summed E-state index contributed by atoms with van der Waals surface area (Å²) in [5, 5.41) is 9.31. The van der Waals surface area contributed by atoms with Gasteiger partial charge in [-0.25, -0.2) is 9.98 Å². The lowest BCUT2D eigenvalue weighted by Crippen LogP contribution is -2.36. The number of aliphatic imine (C=N–C) groups is 1. The van der Waals surface area contributed by atoms with Crippen molar-refractivity contribution in [3.8, 4) is 11.5 Å². The molecule has 0 spiro atoms. The fraction of sp³-hybridized carbons (Fsp3) is 0.292. The molecule has 3 rings (SSSR count). The Balaban J connectivity index is 1.59. The Bertz CT molecular complexity index is 1010. The Morgan fingerprint density at radius 3 is 2.35 bits per heavy atom. The molecule has 7 heteroatoms. The average Bonchev–Trinajstić information content (AvgIpc) is 3.26. The van der Waals surface area contributed by atoms with Gasteiger partial charge in [-0.3, -0.25) is 4.79 Å². The second-order valence-corrected chi connectivity index (χ2v) is 7.12. The van der Waals surface area contributed by atoms with E-state index in [1.54, 1.807) is 6.26 Å². The molecule has 1 amide bonds. The van der Waals surface area contributed by atoms with Crippen LogP contribution in [0.2, 0.25) is 0 Å². The lowest BCUT2D eigenvalue weighted by atomic mass is 10.1. The van der Waals surface area contributed by atoms with Gasteiger partial charge in [0.15, 0.2) is 5.96 Å². The molecule has 0 aliphatic heterocycles. The van der Waals surface area contributed by atoms with Crippen molar-refractivity contribution in [3.63, 3.8) is 0 Å². The van der Waals surface area contributed by atoms with Crippen LogP contribution in [0.25, 0.3) is 11.5 Å². The Morgan fingerprint density at radius 2 is 1.68 bits per heavy atom. The predicted octanol–water partition coefficient (Wildman–Crippen LogP) is 3.66. The number of aryl methyl sites for hydroxylation is 1. The van der Waals surface area contributed by atoms with Gasteiger partial charge in [-0.05, 0) is 50.6 Å². The Kier molecular flexibility index (Phi) is 7.81. The number of oxazole rings is 1. The van der Waals surface area contributed by atoms with E-state index < -0.39 is 0 Å². The van der Waals surface area contributed by atoms with E-state index in [2.05, 4.69) is 25.9 Å². The largest absolute Gasteiger partial charge is 0.444 e. The minimum atomic E-state index is -0.0647. The lowest BCUT2D eigenvalue weighted by molar-refractivity contribution is 0.0956. The molecule has 3 N–H and O–H groups in total. The van der Waals surface area contributed by atoms with Gasteiger partial charge < -0.3 is 20.4 Å². The average molecular weight is 420 g/mol. The van der Waals surface area contributed by atoms with E-state index in [0.717, 1.165) is 23.4 Å². The van der Waals surface area contributed by atoms with Gasteiger partial charge in [-0.1, -0.05) is 29.8 Å². The van der Waals surface area contributed by atoms with Crippen LogP contribution in [0.5, 0.6) is 0 Å². The van der Waals surface area contributed by atoms with Crippen molar-refractivity contribution in [1.29, 1.82) is 0 Å². The number of guanidine groups is 1. The van der Waals surface area contributed by atoms with Crippen LogP contribution < -0.4 is 16.0 Å². The third-order valence-electron chi connectivity index (χ3n) is 4.60. The van der Waals surface area contributed by atoms with Crippen LogP contribution >= 0.6 is 0 Å². The van der Waals surface area contributed by atoms with Crippen LogP contribution in [0.1, 0.15) is 41.0 Å². The number of carbonyl (C=O) groups excluding carboxylic acids is 1. The van der Waals surface area contributed by atoms with Gasteiger partial charge in [0.1, 0.15) is 6.26 Å². The summed E-state index contributed by atoms with van der Waals surface area (Å²) < 4.78 is 5.62. The first-order valence-electron chi connectivity index (χ1n) is 10.5. The van der Waals surface area contributed by atoms with Crippen molar-refractivity contribution in [2.24, 2.45) is 4.99 Å². The van der Waals surface area contributed by atoms with Crippen LogP contribution in [-0.2, 0) is 13.1 Å². The SMILES string of the molecule is CCNC(=O)c1ccc(CN=C(NCC)NCc2coc(-c3ccc(C)cc3)n2)cc1. The van der Waals surface area contributed by atoms with Crippen molar-refractivity contribution in [1.82, 2.24) is 20.9 Å². The number of hydrogen-bond donors (Lipinski definition) is 3. The van der Waals surface area contributed by atoms with Crippen LogP contribution in [0.15, 0.2) is 64.2 Å². The summed E-state index contributed by atoms with van der Waals surface area (Å²) in [7, 11) is 0. The minimum Gasteiger partial charge on any atom is -0.444 e. The molecule has 0 unspecified atom stereocenters. The van der Waals surface area contributed by atoms with E-state index >= 15 is 0 Å². The maximum Gasteiger partial charge on any atom is 0.251 e. The zero-order chi connectivity index (χ0) is 22.1. The summed E-state index contributed by atoms with van der Waals surface area (Å²) in [5.74, 6) is 1.23. The molecule has 0 saturated heterocycles. The second-order valence-electron chi connectivity index (χ2n) is 7.12. The molecule has 0 radical (unpaired) electrons. The first kappa shape index (κ1) is 22.1.